The Balaban J connectivity index is 1.39. The fourth-order valence-electron chi connectivity index (χ4n) is 9.84. The van der Waals surface area contributed by atoms with E-state index in [2.05, 4.69) is 42.5 Å². The zero-order chi connectivity index (χ0) is 59.3. The molecule has 0 aliphatic carbocycles. The number of hydrogen-bond acceptors (Lipinski definition) is 17. The van der Waals surface area contributed by atoms with Gasteiger partial charge in [-0.1, -0.05) is 24.3 Å². The second kappa shape index (κ2) is 30.8. The molecular weight excluding hydrogens is 1070 g/mol. The predicted molar refractivity (Wildman–Crippen MR) is 310 cm³/mol. The molecular formula is C58H73N13O12. The van der Waals surface area contributed by atoms with Gasteiger partial charge in [-0.05, 0) is 74.3 Å². The van der Waals surface area contributed by atoms with Crippen LogP contribution in [0.25, 0.3) is 0 Å². The first kappa shape index (κ1) is 61.7. The third-order valence-electron chi connectivity index (χ3n) is 14.2. The first-order chi connectivity index (χ1) is 40.3. The molecule has 4 aromatic rings. The zero-order valence-corrected chi connectivity index (χ0v) is 47.2. The number of rotatable bonds is 8. The van der Waals surface area contributed by atoms with E-state index in [1.54, 1.807) is 36.4 Å². The van der Waals surface area contributed by atoms with Gasteiger partial charge in [0.15, 0.2) is 0 Å². The number of aliphatic imine (C=N–C) groups is 2. The van der Waals surface area contributed by atoms with Gasteiger partial charge in [-0.3, -0.25) is 58.1 Å². The van der Waals surface area contributed by atoms with Gasteiger partial charge in [0.05, 0.1) is 123 Å². The molecule has 0 fully saturated rings. The van der Waals surface area contributed by atoms with Crippen molar-refractivity contribution in [2.75, 3.05) is 133 Å². The van der Waals surface area contributed by atoms with Gasteiger partial charge in [0, 0.05) is 65.4 Å². The summed E-state index contributed by atoms with van der Waals surface area (Å²) in [6.45, 7) is 1.77. The van der Waals surface area contributed by atoms with E-state index in [1.165, 1.54) is 64.8 Å². The Morgan fingerprint density at radius 1 is 0.422 bits per heavy atom. The van der Waals surface area contributed by atoms with Crippen molar-refractivity contribution in [3.05, 3.63) is 117 Å². The molecule has 4 aromatic carbocycles. The molecule has 0 saturated heterocycles. The van der Waals surface area contributed by atoms with Crippen LogP contribution in [0.5, 0.6) is 23.0 Å². The Morgan fingerprint density at radius 3 is 1.07 bits per heavy atom. The molecule has 83 heavy (non-hydrogen) atoms. The Hall–Kier alpha value is -8.94. The van der Waals surface area contributed by atoms with Gasteiger partial charge in [-0.15, -0.1) is 0 Å². The summed E-state index contributed by atoms with van der Waals surface area (Å²) in [5.41, 5.74) is 7.17. The van der Waals surface area contributed by atoms with Crippen LogP contribution < -0.4 is 67.2 Å². The second-order valence-electron chi connectivity index (χ2n) is 19.4. The quantitative estimate of drug-likeness (QED) is 0.110. The smallest absolute Gasteiger partial charge is 0.255 e. The summed E-state index contributed by atoms with van der Waals surface area (Å²) in [5, 5.41) is 23.5. The summed E-state index contributed by atoms with van der Waals surface area (Å²) >= 11 is 0. The third kappa shape index (κ3) is 16.2. The van der Waals surface area contributed by atoms with Gasteiger partial charge in [-0.25, -0.2) is 0 Å². The number of carbonyl (C=O) groups excluding carboxylic acids is 8. The fraction of sp³-hybridized carbons (Fsp3) is 0.414. The van der Waals surface area contributed by atoms with Crippen LogP contribution in [0.2, 0.25) is 0 Å². The van der Waals surface area contributed by atoms with E-state index in [0.29, 0.717) is 44.6 Å². The zero-order valence-electron chi connectivity index (χ0n) is 47.2. The molecule has 0 aromatic heterocycles. The lowest BCUT2D eigenvalue weighted by Gasteiger charge is -2.28. The van der Waals surface area contributed by atoms with Crippen LogP contribution in [-0.2, 0) is 0 Å². The van der Waals surface area contributed by atoms with Gasteiger partial charge >= 0.3 is 0 Å². The van der Waals surface area contributed by atoms with Crippen LogP contribution in [0, 0.1) is 0 Å². The molecule has 4 aliphatic heterocycles. The Labute approximate surface area is 481 Å². The number of unbranched alkanes of at least 4 members (excludes halogenated alkanes) is 1. The van der Waals surface area contributed by atoms with Crippen LogP contribution in [0.1, 0.15) is 102 Å². The number of nitrogens with one attached hydrogen (secondary N) is 8. The van der Waals surface area contributed by atoms with Crippen LogP contribution in [0.3, 0.4) is 0 Å². The van der Waals surface area contributed by atoms with Crippen molar-refractivity contribution >= 4 is 58.7 Å². The van der Waals surface area contributed by atoms with Crippen molar-refractivity contribution in [3.63, 3.8) is 0 Å². The maximum atomic E-state index is 14.6. The van der Waals surface area contributed by atoms with Gasteiger partial charge < -0.3 is 67.2 Å². The second-order valence-corrected chi connectivity index (χ2v) is 19.4. The number of nitrogens with zero attached hydrogens (tertiary/aromatic N) is 4. The predicted octanol–water partition coefficient (Wildman–Crippen LogP) is 0.684. The van der Waals surface area contributed by atoms with E-state index in [1.807, 2.05) is 9.80 Å². The maximum absolute atomic E-state index is 14.6. The number of methoxy groups -OCH3 is 4. The van der Waals surface area contributed by atoms with E-state index >= 15 is 0 Å². The number of para-hydroxylation sites is 4. The van der Waals surface area contributed by atoms with Gasteiger partial charge in [-0.2, -0.15) is 0 Å². The Morgan fingerprint density at radius 2 is 0.735 bits per heavy atom. The monoisotopic (exact) mass is 1140 g/mol. The van der Waals surface area contributed by atoms with Crippen molar-refractivity contribution in [2.24, 2.45) is 15.7 Å². The lowest BCUT2D eigenvalue weighted by molar-refractivity contribution is 0.0914. The molecule has 25 nitrogen and oxygen atoms in total. The first-order valence-corrected chi connectivity index (χ1v) is 27.5. The summed E-state index contributed by atoms with van der Waals surface area (Å²) in [5.74, 6) is -4.38. The van der Waals surface area contributed by atoms with Gasteiger partial charge in [0.25, 0.3) is 47.3 Å². The van der Waals surface area contributed by atoms with Gasteiger partial charge in [0.2, 0.25) is 0 Å². The first-order valence-electron chi connectivity index (χ1n) is 27.5. The average Bonchev–Trinajstić information content (AvgIpc) is 3.70. The Kier molecular flexibility index (Phi) is 22.9. The minimum absolute atomic E-state index is 0.0222. The molecule has 10 N–H and O–H groups in total. The van der Waals surface area contributed by atoms with Crippen LogP contribution in [0.15, 0.2) is 82.8 Å². The van der Waals surface area contributed by atoms with Crippen molar-refractivity contribution < 1.29 is 57.3 Å². The highest BCUT2D eigenvalue weighted by Gasteiger charge is 2.28. The highest BCUT2D eigenvalue weighted by atomic mass is 16.5. The van der Waals surface area contributed by atoms with Crippen LogP contribution >= 0.6 is 0 Å². The highest BCUT2D eigenvalue weighted by Crippen LogP contribution is 2.28. The fourth-order valence-corrected chi connectivity index (χ4v) is 9.84. The average molecular weight is 1140 g/mol. The number of ether oxygens (including phenoxy) is 4. The number of nitrogens with two attached hydrogens (primary N) is 1. The van der Waals surface area contributed by atoms with Crippen LogP contribution in [-0.4, -0.2) is 208 Å². The summed E-state index contributed by atoms with van der Waals surface area (Å²) in [6.07, 6.45) is 1.40. The Bertz CT molecular complexity index is 3000. The van der Waals surface area contributed by atoms with E-state index in [0.717, 1.165) is 0 Å². The lowest BCUT2D eigenvalue weighted by atomic mass is 10.0. The molecule has 0 spiro atoms. The molecule has 2 atom stereocenters. The molecule has 4 aliphatic rings. The van der Waals surface area contributed by atoms with Crippen molar-refractivity contribution in [1.82, 2.24) is 52.3 Å². The molecule has 0 saturated carbocycles. The summed E-state index contributed by atoms with van der Waals surface area (Å²) in [7, 11) is 5.43. The minimum Gasteiger partial charge on any atom is -0.495 e. The largest absolute Gasteiger partial charge is 0.495 e. The van der Waals surface area contributed by atoms with Crippen LogP contribution in [0.4, 0.5) is 0 Å². The lowest BCUT2D eigenvalue weighted by Crippen LogP contribution is -2.46. The van der Waals surface area contributed by atoms with E-state index in [9.17, 15) is 38.4 Å². The summed E-state index contributed by atoms with van der Waals surface area (Å²) < 4.78 is 22.9. The molecule has 4 heterocycles. The standard InChI is InChI=1S/C58H73N13O12/c1-80-47-37-11-7-15-41(47)55(76)66-33-36-34-67-56(77)42-16-8-12-38(48(42)81-2)52(73)63-24-28-70(27-23-62-51(37)72)31-32-71-29-25-64-53(74)39-13-9-17-43(49(39)82-3)57(78)68-35-46(61-22-21-60-36)45(19-5-6-20-59)69-58(79)44-18-10-14-40(50(44)83-4)54(75)65-26-30-71/h7-18,45H,5-6,19-35,59H2,1-4H3,(H,62,72)(H,63,73)(H,64,74)(H,65,75)(H,66,76)(H,67,77)(H,68,78)(H,69,79)/b61-46+. The number of hydrogen-bond donors (Lipinski definition) is 9. The number of benzene rings is 4. The molecule has 8 rings (SSSR count). The molecule has 8 amide bonds. The van der Waals surface area contributed by atoms with Crippen molar-refractivity contribution in [1.29, 1.82) is 0 Å². The third-order valence-corrected chi connectivity index (χ3v) is 14.2. The van der Waals surface area contributed by atoms with E-state index < -0.39 is 53.3 Å². The number of carbonyl (C=O) groups is 8. The normalized spacial score (nSPS) is 20.2. The summed E-state index contributed by atoms with van der Waals surface area (Å²) in [4.78, 5) is 127. The molecule has 0 radical (unpaired) electrons. The van der Waals surface area contributed by atoms with Crippen molar-refractivity contribution in [2.45, 2.75) is 25.3 Å². The van der Waals surface area contributed by atoms with E-state index in [-0.39, 0.29) is 158 Å². The topological polar surface area (TPSA) is 327 Å². The number of fused-ring (bicyclic) bond motifs is 16. The summed E-state index contributed by atoms with van der Waals surface area (Å²) in [6, 6.07) is 17.7. The molecule has 12 bridgehead atoms. The molecule has 2 unspecified atom stereocenters. The molecule has 442 valence electrons. The van der Waals surface area contributed by atoms with Gasteiger partial charge in [0.1, 0.15) is 23.0 Å². The highest BCUT2D eigenvalue weighted by molar-refractivity contribution is 6.09. The van der Waals surface area contributed by atoms with E-state index in [4.69, 9.17) is 34.7 Å². The SMILES string of the molecule is COc1c2cccc1C(=O)NCC1=NCC/N=C3\CNC(=O)c4cccc(c4OC)C(=O)NCCN(CCNC(=O)c4cccc(c4OC)C(=O)NC3CCCCN)CCN(CCNC2=O)CCNC(=O)c2cccc(c2OC)C(=O)NC1. The number of amides is 8. The minimum atomic E-state index is -0.848. The molecule has 25 heteroatoms. The van der Waals surface area contributed by atoms with Crippen molar-refractivity contribution in [3.8, 4) is 23.0 Å². The maximum Gasteiger partial charge on any atom is 0.255 e.